The van der Waals surface area contributed by atoms with Gasteiger partial charge in [-0.05, 0) is 30.7 Å². The van der Waals surface area contributed by atoms with E-state index in [2.05, 4.69) is 17.1 Å². The van der Waals surface area contributed by atoms with E-state index in [-0.39, 0.29) is 0 Å². The van der Waals surface area contributed by atoms with Crippen LogP contribution in [-0.4, -0.2) is 10.1 Å². The third-order valence-corrected chi connectivity index (χ3v) is 3.17. The van der Waals surface area contributed by atoms with Gasteiger partial charge in [0.1, 0.15) is 5.03 Å². The highest BCUT2D eigenvalue weighted by molar-refractivity contribution is 7.99. The predicted octanol–water partition coefficient (Wildman–Crippen LogP) is 3.29. The van der Waals surface area contributed by atoms with Crippen molar-refractivity contribution in [3.63, 3.8) is 0 Å². The molecule has 1 atom stereocenters. The second-order valence-electron chi connectivity index (χ2n) is 3.52. The van der Waals surface area contributed by atoms with Crippen LogP contribution in [0.4, 0.5) is 0 Å². The molecule has 0 saturated heterocycles. The van der Waals surface area contributed by atoms with Gasteiger partial charge in [0.25, 0.3) is 0 Å². The van der Waals surface area contributed by atoms with E-state index in [9.17, 15) is 5.11 Å². The fraction of sp³-hybridized carbons (Fsp3) is 0.154. The second-order valence-corrected chi connectivity index (χ2v) is 4.61. The Bertz CT molecular complexity index is 439. The summed E-state index contributed by atoms with van der Waals surface area (Å²) in [4.78, 5) is 5.46. The van der Waals surface area contributed by atoms with Crippen molar-refractivity contribution in [2.45, 2.75) is 22.9 Å². The third-order valence-electron chi connectivity index (χ3n) is 2.21. The fourth-order valence-electron chi connectivity index (χ4n) is 1.31. The molecule has 0 aliphatic rings. The summed E-state index contributed by atoms with van der Waals surface area (Å²) in [6.45, 7) is 1.74. The van der Waals surface area contributed by atoms with Crippen LogP contribution in [0.1, 0.15) is 18.6 Å². The van der Waals surface area contributed by atoms with Gasteiger partial charge in [-0.3, -0.25) is 0 Å². The third kappa shape index (κ3) is 2.84. The van der Waals surface area contributed by atoms with Crippen molar-refractivity contribution in [3.8, 4) is 0 Å². The van der Waals surface area contributed by atoms with Gasteiger partial charge in [-0.2, -0.15) is 0 Å². The van der Waals surface area contributed by atoms with Crippen molar-refractivity contribution in [2.75, 3.05) is 0 Å². The Morgan fingerprint density at radius 1 is 1.12 bits per heavy atom. The minimum Gasteiger partial charge on any atom is -0.389 e. The average Bonchev–Trinajstić information content (AvgIpc) is 2.31. The zero-order valence-corrected chi connectivity index (χ0v) is 9.82. The predicted molar refractivity (Wildman–Crippen MR) is 65.4 cm³/mol. The number of aliphatic hydroxyl groups is 1. The quantitative estimate of drug-likeness (QED) is 0.880. The summed E-state index contributed by atoms with van der Waals surface area (Å²) in [7, 11) is 0. The number of rotatable bonds is 3. The number of aromatic nitrogens is 1. The standard InChI is InChI=1S/C13H13NOS/c1-10(15)11-7-8-13(14-9-11)16-12-5-3-2-4-6-12/h2-10,15H,1H3. The molecule has 2 aromatic rings. The summed E-state index contributed by atoms with van der Waals surface area (Å²) in [5.74, 6) is 0. The first-order valence-electron chi connectivity index (χ1n) is 5.12. The Morgan fingerprint density at radius 3 is 2.44 bits per heavy atom. The number of benzene rings is 1. The first kappa shape index (κ1) is 11.2. The Balaban J connectivity index is 2.11. The zero-order valence-electron chi connectivity index (χ0n) is 9.00. The number of nitrogens with zero attached hydrogens (tertiary/aromatic N) is 1. The van der Waals surface area contributed by atoms with Crippen LogP contribution in [0.2, 0.25) is 0 Å². The molecule has 0 saturated carbocycles. The maximum absolute atomic E-state index is 9.36. The van der Waals surface area contributed by atoms with Crippen molar-refractivity contribution in [3.05, 3.63) is 54.2 Å². The molecule has 0 bridgehead atoms. The van der Waals surface area contributed by atoms with E-state index in [1.165, 1.54) is 4.90 Å². The molecule has 0 fully saturated rings. The molecule has 0 aliphatic carbocycles. The molecule has 0 aliphatic heterocycles. The van der Waals surface area contributed by atoms with E-state index in [0.29, 0.717) is 0 Å². The summed E-state index contributed by atoms with van der Waals surface area (Å²) < 4.78 is 0. The molecule has 3 heteroatoms. The molecule has 2 rings (SSSR count). The maximum atomic E-state index is 9.36. The smallest absolute Gasteiger partial charge is 0.101 e. The van der Waals surface area contributed by atoms with Crippen molar-refractivity contribution >= 4 is 11.8 Å². The Kier molecular flexibility index (Phi) is 3.59. The number of hydrogen-bond acceptors (Lipinski definition) is 3. The normalized spacial score (nSPS) is 12.4. The SMILES string of the molecule is CC(O)c1ccc(Sc2ccccc2)nc1. The minimum absolute atomic E-state index is 0.455. The van der Waals surface area contributed by atoms with E-state index in [1.807, 2.05) is 30.3 Å². The van der Waals surface area contributed by atoms with Gasteiger partial charge >= 0.3 is 0 Å². The lowest BCUT2D eigenvalue weighted by Gasteiger charge is -2.05. The summed E-state index contributed by atoms with van der Waals surface area (Å²) >= 11 is 1.62. The fourth-order valence-corrected chi connectivity index (χ4v) is 2.08. The number of aliphatic hydroxyl groups excluding tert-OH is 1. The lowest BCUT2D eigenvalue weighted by atomic mass is 10.2. The van der Waals surface area contributed by atoms with Crippen LogP contribution in [0.5, 0.6) is 0 Å². The topological polar surface area (TPSA) is 33.1 Å². The molecule has 16 heavy (non-hydrogen) atoms. The largest absolute Gasteiger partial charge is 0.389 e. The summed E-state index contributed by atoms with van der Waals surface area (Å²) in [6, 6.07) is 13.9. The van der Waals surface area contributed by atoms with Crippen LogP contribution in [-0.2, 0) is 0 Å². The van der Waals surface area contributed by atoms with Crippen molar-refractivity contribution in [2.24, 2.45) is 0 Å². The highest BCUT2D eigenvalue weighted by Gasteiger charge is 2.02. The molecular formula is C13H13NOS. The summed E-state index contributed by atoms with van der Waals surface area (Å²) in [5, 5.41) is 10.3. The number of hydrogen-bond donors (Lipinski definition) is 1. The van der Waals surface area contributed by atoms with E-state index in [4.69, 9.17) is 0 Å². The van der Waals surface area contributed by atoms with Gasteiger partial charge in [-0.25, -0.2) is 4.98 Å². The van der Waals surface area contributed by atoms with E-state index >= 15 is 0 Å². The Hall–Kier alpha value is -1.32. The van der Waals surface area contributed by atoms with Gasteiger partial charge in [0.05, 0.1) is 6.10 Å². The van der Waals surface area contributed by atoms with Gasteiger partial charge in [0, 0.05) is 11.1 Å². The van der Waals surface area contributed by atoms with Crippen LogP contribution < -0.4 is 0 Å². The van der Waals surface area contributed by atoms with Gasteiger partial charge < -0.3 is 5.11 Å². The van der Waals surface area contributed by atoms with Crippen molar-refractivity contribution in [1.82, 2.24) is 4.98 Å². The second kappa shape index (κ2) is 5.14. The van der Waals surface area contributed by atoms with E-state index in [0.717, 1.165) is 10.6 Å². The molecule has 1 heterocycles. The Labute approximate surface area is 99.4 Å². The van der Waals surface area contributed by atoms with E-state index < -0.39 is 6.10 Å². The molecule has 1 unspecified atom stereocenters. The monoisotopic (exact) mass is 231 g/mol. The molecule has 1 aromatic heterocycles. The van der Waals surface area contributed by atoms with Crippen LogP contribution >= 0.6 is 11.8 Å². The average molecular weight is 231 g/mol. The first-order chi connectivity index (χ1) is 7.75. The molecule has 0 radical (unpaired) electrons. The molecule has 0 amide bonds. The molecular weight excluding hydrogens is 218 g/mol. The van der Waals surface area contributed by atoms with Crippen LogP contribution in [0, 0.1) is 0 Å². The number of pyridine rings is 1. The molecule has 82 valence electrons. The van der Waals surface area contributed by atoms with Crippen LogP contribution in [0.25, 0.3) is 0 Å². The summed E-state index contributed by atoms with van der Waals surface area (Å²) in [6.07, 6.45) is 1.26. The first-order valence-corrected chi connectivity index (χ1v) is 5.94. The van der Waals surface area contributed by atoms with Crippen LogP contribution in [0.3, 0.4) is 0 Å². The molecule has 1 N–H and O–H groups in total. The zero-order chi connectivity index (χ0) is 11.4. The van der Waals surface area contributed by atoms with Gasteiger partial charge in [0.2, 0.25) is 0 Å². The lowest BCUT2D eigenvalue weighted by Crippen LogP contribution is -1.91. The minimum atomic E-state index is -0.455. The highest BCUT2D eigenvalue weighted by atomic mass is 32.2. The van der Waals surface area contributed by atoms with Crippen molar-refractivity contribution in [1.29, 1.82) is 0 Å². The maximum Gasteiger partial charge on any atom is 0.101 e. The molecule has 2 nitrogen and oxygen atoms in total. The van der Waals surface area contributed by atoms with Crippen LogP contribution in [0.15, 0.2) is 58.6 Å². The van der Waals surface area contributed by atoms with Gasteiger partial charge in [0.15, 0.2) is 0 Å². The molecule has 1 aromatic carbocycles. The highest BCUT2D eigenvalue weighted by Crippen LogP contribution is 2.26. The summed E-state index contributed by atoms with van der Waals surface area (Å²) in [5.41, 5.74) is 0.845. The lowest BCUT2D eigenvalue weighted by molar-refractivity contribution is 0.198. The Morgan fingerprint density at radius 2 is 1.88 bits per heavy atom. The van der Waals surface area contributed by atoms with Crippen molar-refractivity contribution < 1.29 is 5.11 Å². The van der Waals surface area contributed by atoms with Gasteiger partial charge in [-0.15, -0.1) is 0 Å². The molecule has 0 spiro atoms. The van der Waals surface area contributed by atoms with Gasteiger partial charge in [-0.1, -0.05) is 36.0 Å². The van der Waals surface area contributed by atoms with E-state index in [1.54, 1.807) is 24.9 Å².